The van der Waals surface area contributed by atoms with Crippen LogP contribution in [0, 0.1) is 0 Å². The average Bonchev–Trinajstić information content (AvgIpc) is 2.85. The Balaban J connectivity index is 2.02. The van der Waals surface area contributed by atoms with Gasteiger partial charge in [-0.3, -0.25) is 4.90 Å². The Labute approximate surface area is 102 Å². The highest BCUT2D eigenvalue weighted by Crippen LogP contribution is 2.27. The van der Waals surface area contributed by atoms with Gasteiger partial charge in [-0.2, -0.15) is 0 Å². The van der Waals surface area contributed by atoms with Crippen molar-refractivity contribution in [2.24, 2.45) is 0 Å². The lowest BCUT2D eigenvalue weighted by Crippen LogP contribution is -2.32. The van der Waals surface area contributed by atoms with E-state index in [9.17, 15) is 5.11 Å². The van der Waals surface area contributed by atoms with Gasteiger partial charge in [0, 0.05) is 19.1 Å². The number of benzene rings is 1. The van der Waals surface area contributed by atoms with Crippen LogP contribution in [0.4, 0.5) is 0 Å². The van der Waals surface area contributed by atoms with Crippen LogP contribution in [-0.4, -0.2) is 43.3 Å². The van der Waals surface area contributed by atoms with E-state index in [1.807, 2.05) is 12.1 Å². The van der Waals surface area contributed by atoms with E-state index in [0.29, 0.717) is 11.8 Å². The molecular weight excluding hydrogens is 216 g/mol. The predicted molar refractivity (Wildman–Crippen MR) is 67.4 cm³/mol. The fraction of sp³-hybridized carbons (Fsp3) is 0.538. The van der Waals surface area contributed by atoms with Crippen LogP contribution in [0.5, 0.6) is 11.5 Å². The Hall–Kier alpha value is -1.26. The van der Waals surface area contributed by atoms with Gasteiger partial charge in [0.25, 0.3) is 0 Å². The van der Waals surface area contributed by atoms with Crippen LogP contribution in [0.15, 0.2) is 18.2 Å². The summed E-state index contributed by atoms with van der Waals surface area (Å²) in [5.41, 5.74) is 1.16. The smallest absolute Gasteiger partial charge is 0.160 e. The first-order valence-corrected chi connectivity index (χ1v) is 5.97. The Bertz CT molecular complexity index is 376. The molecule has 17 heavy (non-hydrogen) atoms. The molecule has 0 amide bonds. The fourth-order valence-electron chi connectivity index (χ4n) is 2.25. The van der Waals surface area contributed by atoms with Gasteiger partial charge in [0.1, 0.15) is 0 Å². The average molecular weight is 236 g/mol. The van der Waals surface area contributed by atoms with Crippen LogP contribution in [0.2, 0.25) is 0 Å². The van der Waals surface area contributed by atoms with Crippen LogP contribution in [0.1, 0.15) is 12.0 Å². The summed E-state index contributed by atoms with van der Waals surface area (Å²) < 4.78 is 5.11. The van der Waals surface area contributed by atoms with Gasteiger partial charge in [-0.1, -0.05) is 6.07 Å². The maximum atomic E-state index is 9.53. The largest absolute Gasteiger partial charge is 0.504 e. The molecule has 0 spiro atoms. The van der Waals surface area contributed by atoms with Gasteiger partial charge < -0.3 is 15.2 Å². The highest BCUT2D eigenvalue weighted by molar-refractivity contribution is 5.41. The third-order valence-corrected chi connectivity index (χ3v) is 3.33. The number of phenolic OH excluding ortho intramolecular Hbond substituents is 1. The van der Waals surface area contributed by atoms with E-state index in [-0.39, 0.29) is 5.75 Å². The van der Waals surface area contributed by atoms with Crippen LogP contribution in [0.25, 0.3) is 0 Å². The van der Waals surface area contributed by atoms with Gasteiger partial charge >= 0.3 is 0 Å². The molecule has 94 valence electrons. The number of methoxy groups -OCH3 is 1. The lowest BCUT2D eigenvalue weighted by molar-refractivity contribution is 0.248. The first kappa shape index (κ1) is 12.2. The first-order valence-electron chi connectivity index (χ1n) is 5.97. The van der Waals surface area contributed by atoms with E-state index in [4.69, 9.17) is 4.74 Å². The van der Waals surface area contributed by atoms with Crippen molar-refractivity contribution < 1.29 is 9.84 Å². The van der Waals surface area contributed by atoms with Gasteiger partial charge in [-0.05, 0) is 37.7 Å². The minimum Gasteiger partial charge on any atom is -0.504 e. The normalized spacial score (nSPS) is 19.8. The van der Waals surface area contributed by atoms with E-state index < -0.39 is 0 Å². The molecule has 1 unspecified atom stereocenters. The molecule has 1 aromatic rings. The molecule has 2 N–H and O–H groups in total. The third kappa shape index (κ3) is 2.90. The summed E-state index contributed by atoms with van der Waals surface area (Å²) in [4.78, 5) is 2.34. The topological polar surface area (TPSA) is 44.7 Å². The van der Waals surface area contributed by atoms with Crippen LogP contribution >= 0.6 is 0 Å². The number of hydrogen-bond acceptors (Lipinski definition) is 4. The molecule has 0 bridgehead atoms. The van der Waals surface area contributed by atoms with Crippen molar-refractivity contribution in [3.05, 3.63) is 23.8 Å². The molecule has 4 heteroatoms. The zero-order chi connectivity index (χ0) is 12.3. The maximum absolute atomic E-state index is 9.53. The van der Waals surface area contributed by atoms with Gasteiger partial charge in [-0.15, -0.1) is 0 Å². The molecule has 2 rings (SSSR count). The third-order valence-electron chi connectivity index (χ3n) is 3.33. The van der Waals surface area contributed by atoms with E-state index >= 15 is 0 Å². The number of nitrogens with one attached hydrogen (secondary N) is 1. The molecule has 0 saturated carbocycles. The minimum absolute atomic E-state index is 0.196. The molecule has 1 atom stereocenters. The number of nitrogens with zero attached hydrogens (tertiary/aromatic N) is 1. The molecule has 1 heterocycles. The standard InChI is InChI=1S/C13H20N2O2/c1-15(11-5-6-14-8-11)9-10-3-4-12(16)13(7-10)17-2/h3-4,7,11,14,16H,5-6,8-9H2,1-2H3. The highest BCUT2D eigenvalue weighted by atomic mass is 16.5. The number of aromatic hydroxyl groups is 1. The van der Waals surface area contributed by atoms with Crippen molar-refractivity contribution in [1.29, 1.82) is 0 Å². The van der Waals surface area contributed by atoms with Crippen molar-refractivity contribution in [1.82, 2.24) is 10.2 Å². The molecule has 4 nitrogen and oxygen atoms in total. The van der Waals surface area contributed by atoms with Crippen LogP contribution < -0.4 is 10.1 Å². The lowest BCUT2D eigenvalue weighted by Gasteiger charge is -2.23. The van der Waals surface area contributed by atoms with Gasteiger partial charge in [0.2, 0.25) is 0 Å². The van der Waals surface area contributed by atoms with E-state index in [1.54, 1.807) is 13.2 Å². The zero-order valence-corrected chi connectivity index (χ0v) is 10.4. The van der Waals surface area contributed by atoms with Gasteiger partial charge in [0.15, 0.2) is 11.5 Å². The lowest BCUT2D eigenvalue weighted by atomic mass is 10.1. The SMILES string of the molecule is COc1cc(CN(C)C2CCNC2)ccc1O. The van der Waals surface area contributed by atoms with Gasteiger partial charge in [-0.25, -0.2) is 0 Å². The number of likely N-dealkylation sites (N-methyl/N-ethyl adjacent to an activating group) is 1. The summed E-state index contributed by atoms with van der Waals surface area (Å²) in [6.07, 6.45) is 1.20. The summed E-state index contributed by atoms with van der Waals surface area (Å²) in [6, 6.07) is 6.13. The van der Waals surface area contributed by atoms with E-state index in [1.165, 1.54) is 6.42 Å². The summed E-state index contributed by atoms with van der Waals surface area (Å²) in [7, 11) is 3.71. The van der Waals surface area contributed by atoms with Crippen molar-refractivity contribution >= 4 is 0 Å². The molecule has 0 radical (unpaired) electrons. The second-order valence-corrected chi connectivity index (χ2v) is 4.57. The molecule has 1 fully saturated rings. The summed E-state index contributed by atoms with van der Waals surface area (Å²) >= 11 is 0. The predicted octanol–water partition coefficient (Wildman–Crippen LogP) is 1.19. The second-order valence-electron chi connectivity index (χ2n) is 4.57. The summed E-state index contributed by atoms with van der Waals surface area (Å²) in [5.74, 6) is 0.738. The molecule has 1 aromatic carbocycles. The Morgan fingerprint density at radius 3 is 3.00 bits per heavy atom. The molecule has 1 aliphatic heterocycles. The fourth-order valence-corrected chi connectivity index (χ4v) is 2.25. The van der Waals surface area contributed by atoms with Crippen molar-refractivity contribution in [3.8, 4) is 11.5 Å². The number of hydrogen-bond donors (Lipinski definition) is 2. The Morgan fingerprint density at radius 1 is 1.53 bits per heavy atom. The molecule has 1 saturated heterocycles. The van der Waals surface area contributed by atoms with Crippen molar-refractivity contribution in [3.63, 3.8) is 0 Å². The molecular formula is C13H20N2O2. The minimum atomic E-state index is 0.196. The molecule has 0 aromatic heterocycles. The quantitative estimate of drug-likeness (QED) is 0.824. The molecule has 1 aliphatic rings. The number of rotatable bonds is 4. The summed E-state index contributed by atoms with van der Waals surface area (Å²) in [6.45, 7) is 3.04. The number of phenols is 1. The first-order chi connectivity index (χ1) is 8.20. The second kappa shape index (κ2) is 5.38. The number of ether oxygens (including phenoxy) is 1. The van der Waals surface area contributed by atoms with E-state index in [0.717, 1.165) is 25.2 Å². The van der Waals surface area contributed by atoms with Gasteiger partial charge in [0.05, 0.1) is 7.11 Å². The zero-order valence-electron chi connectivity index (χ0n) is 10.4. The van der Waals surface area contributed by atoms with Crippen molar-refractivity contribution in [2.45, 2.75) is 19.0 Å². The van der Waals surface area contributed by atoms with E-state index in [2.05, 4.69) is 17.3 Å². The molecule has 0 aliphatic carbocycles. The highest BCUT2D eigenvalue weighted by Gasteiger charge is 2.19. The van der Waals surface area contributed by atoms with Crippen molar-refractivity contribution in [2.75, 3.05) is 27.2 Å². The maximum Gasteiger partial charge on any atom is 0.160 e. The monoisotopic (exact) mass is 236 g/mol. The Kier molecular flexibility index (Phi) is 3.86. The van der Waals surface area contributed by atoms with Crippen LogP contribution in [0.3, 0.4) is 0 Å². The Morgan fingerprint density at radius 2 is 2.35 bits per heavy atom. The van der Waals surface area contributed by atoms with Crippen LogP contribution in [-0.2, 0) is 6.54 Å². The summed E-state index contributed by atoms with van der Waals surface area (Å²) in [5, 5.41) is 12.9.